The van der Waals surface area contributed by atoms with Crippen molar-refractivity contribution in [1.82, 2.24) is 4.90 Å². The highest BCUT2D eigenvalue weighted by Gasteiger charge is 2.14. The molecule has 0 saturated carbocycles. The number of likely N-dealkylation sites (tertiary alicyclic amines) is 1. The molecular weight excluding hydrogens is 286 g/mol. The third kappa shape index (κ3) is 10.8. The molecule has 1 heterocycles. The Balaban J connectivity index is 2.11. The summed E-state index contributed by atoms with van der Waals surface area (Å²) in [6.07, 6.45) is 15.0. The molecule has 1 rings (SSSR count). The fourth-order valence-electron chi connectivity index (χ4n) is 3.35. The molecule has 0 spiro atoms. The average molecular weight is 326 g/mol. The predicted molar refractivity (Wildman–Crippen MR) is 97.7 cm³/mol. The highest BCUT2D eigenvalue weighted by Crippen LogP contribution is 2.16. The molecule has 3 nitrogen and oxygen atoms in total. The largest absolute Gasteiger partial charge is 0.462 e. The molecule has 1 saturated heterocycles. The van der Waals surface area contributed by atoms with Crippen LogP contribution in [0.3, 0.4) is 0 Å². The number of nitrogens with zero attached hydrogens (tertiary/aromatic N) is 1. The Kier molecular flexibility index (Phi) is 12.3. The smallest absolute Gasteiger partial charge is 0.306 e. The van der Waals surface area contributed by atoms with Crippen LogP contribution in [0.15, 0.2) is 0 Å². The van der Waals surface area contributed by atoms with Crippen LogP contribution in [0, 0.1) is 0 Å². The van der Waals surface area contributed by atoms with E-state index >= 15 is 0 Å². The standard InChI is InChI=1S/C20H39NO2/c1-3-5-7-8-14-19(13-6-4-2)23-20(22)15-9-10-16-21-17-11-12-18-21/h19H,3-18H2,1-2H3. The molecule has 3 heteroatoms. The fourth-order valence-corrected chi connectivity index (χ4v) is 3.35. The van der Waals surface area contributed by atoms with Crippen molar-refractivity contribution in [2.45, 2.75) is 103 Å². The number of rotatable bonds is 14. The number of unbranched alkanes of at least 4 members (excludes halogenated alkanes) is 5. The number of carbonyl (C=O) groups excluding carboxylic acids is 1. The van der Waals surface area contributed by atoms with Crippen LogP contribution in [-0.2, 0) is 9.53 Å². The number of carbonyl (C=O) groups is 1. The molecule has 0 aromatic heterocycles. The molecule has 1 atom stereocenters. The topological polar surface area (TPSA) is 29.5 Å². The van der Waals surface area contributed by atoms with Gasteiger partial charge in [0.05, 0.1) is 0 Å². The summed E-state index contributed by atoms with van der Waals surface area (Å²) in [6.45, 7) is 8.09. The zero-order chi connectivity index (χ0) is 16.8. The van der Waals surface area contributed by atoms with E-state index < -0.39 is 0 Å². The molecule has 0 aliphatic carbocycles. The zero-order valence-electron chi connectivity index (χ0n) is 15.7. The molecule has 0 radical (unpaired) electrons. The molecule has 1 fully saturated rings. The normalized spacial score (nSPS) is 16.6. The van der Waals surface area contributed by atoms with Crippen LogP contribution in [-0.4, -0.2) is 36.6 Å². The third-order valence-electron chi connectivity index (χ3n) is 4.86. The van der Waals surface area contributed by atoms with Gasteiger partial charge in [-0.3, -0.25) is 4.79 Å². The van der Waals surface area contributed by atoms with Gasteiger partial charge in [0.25, 0.3) is 0 Å². The minimum absolute atomic E-state index is 0.0306. The first-order chi connectivity index (χ1) is 11.3. The van der Waals surface area contributed by atoms with Crippen molar-refractivity contribution in [3.8, 4) is 0 Å². The van der Waals surface area contributed by atoms with Gasteiger partial charge in [-0.2, -0.15) is 0 Å². The number of hydrogen-bond acceptors (Lipinski definition) is 3. The summed E-state index contributed by atoms with van der Waals surface area (Å²) < 4.78 is 5.75. The Morgan fingerprint density at radius 3 is 2.30 bits per heavy atom. The maximum atomic E-state index is 12.1. The molecule has 0 aromatic carbocycles. The maximum Gasteiger partial charge on any atom is 0.306 e. The lowest BCUT2D eigenvalue weighted by Gasteiger charge is -2.18. The Morgan fingerprint density at radius 1 is 0.913 bits per heavy atom. The number of hydrogen-bond donors (Lipinski definition) is 0. The van der Waals surface area contributed by atoms with Crippen LogP contribution in [0.4, 0.5) is 0 Å². The monoisotopic (exact) mass is 325 g/mol. The summed E-state index contributed by atoms with van der Waals surface area (Å²) in [5.41, 5.74) is 0. The molecule has 23 heavy (non-hydrogen) atoms. The number of esters is 1. The van der Waals surface area contributed by atoms with Gasteiger partial charge in [0.1, 0.15) is 6.10 Å². The minimum atomic E-state index is 0.0306. The summed E-state index contributed by atoms with van der Waals surface area (Å²) in [7, 11) is 0. The predicted octanol–water partition coefficient (Wildman–Crippen LogP) is 5.32. The SMILES string of the molecule is CCCCCCC(CCCC)OC(=O)CCCCN1CCCC1. The van der Waals surface area contributed by atoms with Crippen LogP contribution in [0.1, 0.15) is 97.3 Å². The number of ether oxygens (including phenoxy) is 1. The summed E-state index contributed by atoms with van der Waals surface area (Å²) in [6, 6.07) is 0. The Morgan fingerprint density at radius 2 is 1.61 bits per heavy atom. The van der Waals surface area contributed by atoms with Gasteiger partial charge >= 0.3 is 5.97 Å². The van der Waals surface area contributed by atoms with E-state index in [2.05, 4.69) is 18.7 Å². The lowest BCUT2D eigenvalue weighted by molar-refractivity contribution is -0.150. The van der Waals surface area contributed by atoms with Crippen molar-refractivity contribution in [3.63, 3.8) is 0 Å². The van der Waals surface area contributed by atoms with Gasteiger partial charge in [-0.05, 0) is 64.6 Å². The molecule has 0 bridgehead atoms. The van der Waals surface area contributed by atoms with Crippen LogP contribution in [0.25, 0.3) is 0 Å². The zero-order valence-corrected chi connectivity index (χ0v) is 15.7. The van der Waals surface area contributed by atoms with Crippen LogP contribution in [0.5, 0.6) is 0 Å². The van der Waals surface area contributed by atoms with Gasteiger partial charge in [-0.25, -0.2) is 0 Å². The summed E-state index contributed by atoms with van der Waals surface area (Å²) in [5, 5.41) is 0. The molecular formula is C20H39NO2. The van der Waals surface area contributed by atoms with Gasteiger partial charge < -0.3 is 9.64 Å². The second kappa shape index (κ2) is 13.8. The molecule has 0 aromatic rings. The van der Waals surface area contributed by atoms with Crippen LogP contribution < -0.4 is 0 Å². The second-order valence-electron chi connectivity index (χ2n) is 7.11. The van der Waals surface area contributed by atoms with Crippen molar-refractivity contribution in [3.05, 3.63) is 0 Å². The minimum Gasteiger partial charge on any atom is -0.462 e. The first-order valence-electron chi connectivity index (χ1n) is 10.2. The summed E-state index contributed by atoms with van der Waals surface area (Å²) in [4.78, 5) is 14.6. The molecule has 1 aliphatic rings. The van der Waals surface area contributed by atoms with Gasteiger partial charge in [0, 0.05) is 6.42 Å². The molecule has 1 aliphatic heterocycles. The summed E-state index contributed by atoms with van der Waals surface area (Å²) in [5.74, 6) is 0.0306. The van der Waals surface area contributed by atoms with Gasteiger partial charge in [0.2, 0.25) is 0 Å². The van der Waals surface area contributed by atoms with E-state index in [1.165, 1.54) is 64.5 Å². The Hall–Kier alpha value is -0.570. The quantitative estimate of drug-likeness (QED) is 0.319. The molecule has 136 valence electrons. The Labute approximate surface area is 144 Å². The van der Waals surface area contributed by atoms with Crippen molar-refractivity contribution in [2.24, 2.45) is 0 Å². The van der Waals surface area contributed by atoms with E-state index in [4.69, 9.17) is 4.74 Å². The van der Waals surface area contributed by atoms with Crippen LogP contribution in [0.2, 0.25) is 0 Å². The summed E-state index contributed by atoms with van der Waals surface area (Å²) >= 11 is 0. The van der Waals surface area contributed by atoms with Gasteiger partial charge in [-0.1, -0.05) is 46.0 Å². The van der Waals surface area contributed by atoms with E-state index in [-0.39, 0.29) is 12.1 Å². The Bertz CT molecular complexity index is 287. The van der Waals surface area contributed by atoms with Crippen molar-refractivity contribution < 1.29 is 9.53 Å². The highest BCUT2D eigenvalue weighted by molar-refractivity contribution is 5.69. The maximum absolute atomic E-state index is 12.1. The first kappa shape index (κ1) is 20.5. The van der Waals surface area contributed by atoms with E-state index in [1.807, 2.05) is 0 Å². The lowest BCUT2D eigenvalue weighted by atomic mass is 10.0. The van der Waals surface area contributed by atoms with Crippen molar-refractivity contribution >= 4 is 5.97 Å². The molecule has 0 amide bonds. The van der Waals surface area contributed by atoms with Gasteiger partial charge in [0.15, 0.2) is 0 Å². The average Bonchev–Trinajstić information content (AvgIpc) is 3.06. The van der Waals surface area contributed by atoms with E-state index in [1.54, 1.807) is 0 Å². The second-order valence-corrected chi connectivity index (χ2v) is 7.11. The lowest BCUT2D eigenvalue weighted by Crippen LogP contribution is -2.21. The van der Waals surface area contributed by atoms with Crippen molar-refractivity contribution in [2.75, 3.05) is 19.6 Å². The van der Waals surface area contributed by atoms with E-state index in [0.29, 0.717) is 6.42 Å². The fraction of sp³-hybridized carbons (Fsp3) is 0.950. The van der Waals surface area contributed by atoms with E-state index in [9.17, 15) is 4.79 Å². The van der Waals surface area contributed by atoms with Crippen molar-refractivity contribution in [1.29, 1.82) is 0 Å². The van der Waals surface area contributed by atoms with Gasteiger partial charge in [-0.15, -0.1) is 0 Å². The molecule has 0 N–H and O–H groups in total. The third-order valence-corrected chi connectivity index (χ3v) is 4.86. The molecule has 1 unspecified atom stereocenters. The highest BCUT2D eigenvalue weighted by atomic mass is 16.5. The van der Waals surface area contributed by atoms with E-state index in [0.717, 1.165) is 32.2 Å². The first-order valence-corrected chi connectivity index (χ1v) is 10.2. The van der Waals surface area contributed by atoms with Crippen LogP contribution >= 0.6 is 0 Å².